The van der Waals surface area contributed by atoms with E-state index in [1.54, 1.807) is 7.11 Å². The minimum atomic E-state index is -3.83. The van der Waals surface area contributed by atoms with Crippen LogP contribution in [0.5, 0.6) is 0 Å². The van der Waals surface area contributed by atoms with Gasteiger partial charge in [-0.3, -0.25) is 0 Å². The molecule has 0 bridgehead atoms. The van der Waals surface area contributed by atoms with Crippen LogP contribution in [0.15, 0.2) is 23.1 Å². The Kier molecular flexibility index (Phi) is 6.36. The van der Waals surface area contributed by atoms with Crippen molar-refractivity contribution < 1.29 is 17.5 Å². The highest BCUT2D eigenvalue weighted by molar-refractivity contribution is 7.89. The quantitative estimate of drug-likeness (QED) is 0.700. The third-order valence-corrected chi connectivity index (χ3v) is 4.06. The molecule has 1 aromatic carbocycles. The van der Waals surface area contributed by atoms with Gasteiger partial charge in [0.15, 0.2) is 0 Å². The number of ether oxygens (including phenoxy) is 1. The van der Waals surface area contributed by atoms with Gasteiger partial charge in [-0.05, 0) is 30.5 Å². The van der Waals surface area contributed by atoms with Gasteiger partial charge < -0.3 is 10.5 Å². The monoisotopic (exact) mass is 290 g/mol. The lowest BCUT2D eigenvalue weighted by Gasteiger charge is -2.09. The van der Waals surface area contributed by atoms with Crippen molar-refractivity contribution in [3.05, 3.63) is 29.6 Å². The summed E-state index contributed by atoms with van der Waals surface area (Å²) < 4.78 is 44.6. The topological polar surface area (TPSA) is 81.4 Å². The van der Waals surface area contributed by atoms with Gasteiger partial charge in [0.25, 0.3) is 0 Å². The molecule has 0 aromatic heterocycles. The van der Waals surface area contributed by atoms with E-state index in [2.05, 4.69) is 4.72 Å². The molecule has 0 aliphatic rings. The van der Waals surface area contributed by atoms with Crippen LogP contribution in [0.1, 0.15) is 18.4 Å². The molecule has 7 heteroatoms. The largest absolute Gasteiger partial charge is 0.385 e. The molecular formula is C12H19FN2O3S. The number of sulfonamides is 1. The lowest BCUT2D eigenvalue weighted by Crippen LogP contribution is -2.26. The molecule has 108 valence electrons. The molecule has 0 heterocycles. The Balaban J connectivity index is 2.71. The fraction of sp³-hybridized carbons (Fsp3) is 0.500. The third kappa shape index (κ3) is 4.87. The molecule has 0 radical (unpaired) electrons. The van der Waals surface area contributed by atoms with E-state index in [1.165, 1.54) is 12.1 Å². The van der Waals surface area contributed by atoms with Gasteiger partial charge in [0, 0.05) is 26.8 Å². The average molecular weight is 290 g/mol. The van der Waals surface area contributed by atoms with Crippen LogP contribution in [0.3, 0.4) is 0 Å². The smallest absolute Gasteiger partial charge is 0.243 e. The molecule has 0 fully saturated rings. The molecule has 19 heavy (non-hydrogen) atoms. The highest BCUT2D eigenvalue weighted by Gasteiger charge is 2.18. The molecule has 1 rings (SSSR count). The van der Waals surface area contributed by atoms with Gasteiger partial charge in [0.2, 0.25) is 10.0 Å². The second kappa shape index (κ2) is 7.54. The van der Waals surface area contributed by atoms with Crippen molar-refractivity contribution in [1.29, 1.82) is 0 Å². The van der Waals surface area contributed by atoms with Gasteiger partial charge in [0.05, 0.1) is 0 Å². The number of nitrogens with two attached hydrogens (primary N) is 1. The first-order valence-electron chi connectivity index (χ1n) is 5.98. The number of methoxy groups -OCH3 is 1. The number of hydrogen-bond acceptors (Lipinski definition) is 4. The molecular weight excluding hydrogens is 271 g/mol. The highest BCUT2D eigenvalue weighted by atomic mass is 32.2. The highest BCUT2D eigenvalue weighted by Crippen LogP contribution is 2.16. The van der Waals surface area contributed by atoms with E-state index in [9.17, 15) is 12.8 Å². The zero-order chi connectivity index (χ0) is 14.3. The van der Waals surface area contributed by atoms with Crippen molar-refractivity contribution in [2.45, 2.75) is 24.3 Å². The molecule has 0 aliphatic heterocycles. The number of rotatable bonds is 8. The summed E-state index contributed by atoms with van der Waals surface area (Å²) in [5.41, 5.74) is 5.99. The van der Waals surface area contributed by atoms with Crippen LogP contribution in [-0.4, -0.2) is 28.7 Å². The lowest BCUT2D eigenvalue weighted by atomic mass is 10.2. The number of benzene rings is 1. The number of unbranched alkanes of at least 4 members (excludes halogenated alkanes) is 1. The van der Waals surface area contributed by atoms with E-state index in [1.807, 2.05) is 0 Å². The molecule has 5 nitrogen and oxygen atoms in total. The van der Waals surface area contributed by atoms with Crippen molar-refractivity contribution in [2.75, 3.05) is 20.3 Å². The predicted octanol–water partition coefficient (Wildman–Crippen LogP) is 0.989. The molecule has 0 spiro atoms. The minimum absolute atomic E-state index is 0.163. The SMILES string of the molecule is COCCCCNS(=O)(=O)c1cc(CN)ccc1F. The average Bonchev–Trinajstić information content (AvgIpc) is 2.39. The Morgan fingerprint density at radius 3 is 2.74 bits per heavy atom. The van der Waals surface area contributed by atoms with Gasteiger partial charge in [-0.1, -0.05) is 6.07 Å². The number of nitrogens with one attached hydrogen (secondary N) is 1. The van der Waals surface area contributed by atoms with E-state index in [0.29, 0.717) is 18.6 Å². The molecule has 0 aliphatic carbocycles. The van der Waals surface area contributed by atoms with Crippen LogP contribution < -0.4 is 10.5 Å². The summed E-state index contributed by atoms with van der Waals surface area (Å²) in [6, 6.07) is 3.83. The van der Waals surface area contributed by atoms with Crippen LogP contribution in [0, 0.1) is 5.82 Å². The predicted molar refractivity (Wildman–Crippen MR) is 70.6 cm³/mol. The first-order valence-corrected chi connectivity index (χ1v) is 7.46. The van der Waals surface area contributed by atoms with Gasteiger partial charge >= 0.3 is 0 Å². The first-order chi connectivity index (χ1) is 9.01. The van der Waals surface area contributed by atoms with E-state index < -0.39 is 15.8 Å². The van der Waals surface area contributed by atoms with Crippen LogP contribution in [0.2, 0.25) is 0 Å². The Labute approximate surface area is 113 Å². The molecule has 0 saturated carbocycles. The van der Waals surface area contributed by atoms with Crippen LogP contribution in [0.25, 0.3) is 0 Å². The van der Waals surface area contributed by atoms with E-state index in [-0.39, 0.29) is 18.0 Å². The van der Waals surface area contributed by atoms with Crippen molar-refractivity contribution in [3.8, 4) is 0 Å². The number of hydrogen-bond donors (Lipinski definition) is 2. The maximum Gasteiger partial charge on any atom is 0.243 e. The maximum atomic E-state index is 13.6. The third-order valence-electron chi connectivity index (χ3n) is 2.59. The van der Waals surface area contributed by atoms with Crippen LogP contribution >= 0.6 is 0 Å². The summed E-state index contributed by atoms with van der Waals surface area (Å²) in [5, 5.41) is 0. The molecule has 0 atom stereocenters. The van der Waals surface area contributed by atoms with E-state index in [4.69, 9.17) is 10.5 Å². The normalized spacial score (nSPS) is 11.7. The molecule has 0 saturated heterocycles. The van der Waals surface area contributed by atoms with Crippen molar-refractivity contribution in [3.63, 3.8) is 0 Å². The Bertz CT molecular complexity index is 506. The van der Waals surface area contributed by atoms with Crippen molar-refractivity contribution in [2.24, 2.45) is 5.73 Å². The maximum absolute atomic E-state index is 13.6. The summed E-state index contributed by atoms with van der Waals surface area (Å²) in [7, 11) is -2.25. The van der Waals surface area contributed by atoms with Crippen LogP contribution in [0.4, 0.5) is 4.39 Å². The van der Waals surface area contributed by atoms with Gasteiger partial charge in [-0.2, -0.15) is 0 Å². The van der Waals surface area contributed by atoms with Crippen LogP contribution in [-0.2, 0) is 21.3 Å². The molecule has 0 amide bonds. The Hall–Kier alpha value is -1.02. The summed E-state index contributed by atoms with van der Waals surface area (Å²) >= 11 is 0. The molecule has 1 aromatic rings. The fourth-order valence-electron chi connectivity index (χ4n) is 1.54. The summed E-state index contributed by atoms with van der Waals surface area (Å²) in [6.07, 6.45) is 1.37. The standard InChI is InChI=1S/C12H19FN2O3S/c1-18-7-3-2-6-15-19(16,17)12-8-10(9-14)4-5-11(12)13/h4-5,8,15H,2-3,6-7,9,14H2,1H3. The summed E-state index contributed by atoms with van der Waals surface area (Å²) in [6.45, 7) is 0.980. The van der Waals surface area contributed by atoms with Gasteiger partial charge in [-0.25, -0.2) is 17.5 Å². The van der Waals surface area contributed by atoms with E-state index >= 15 is 0 Å². The Morgan fingerprint density at radius 1 is 1.37 bits per heavy atom. The summed E-state index contributed by atoms with van der Waals surface area (Å²) in [5.74, 6) is -0.776. The zero-order valence-corrected chi connectivity index (χ0v) is 11.7. The Morgan fingerprint density at radius 2 is 2.11 bits per heavy atom. The molecule has 3 N–H and O–H groups in total. The van der Waals surface area contributed by atoms with Gasteiger partial charge in [0.1, 0.15) is 10.7 Å². The summed E-state index contributed by atoms with van der Waals surface area (Å²) in [4.78, 5) is -0.359. The van der Waals surface area contributed by atoms with Crippen molar-refractivity contribution in [1.82, 2.24) is 4.72 Å². The molecule has 0 unspecified atom stereocenters. The zero-order valence-electron chi connectivity index (χ0n) is 10.9. The lowest BCUT2D eigenvalue weighted by molar-refractivity contribution is 0.193. The van der Waals surface area contributed by atoms with Gasteiger partial charge in [-0.15, -0.1) is 0 Å². The minimum Gasteiger partial charge on any atom is -0.385 e. The second-order valence-corrected chi connectivity index (χ2v) is 5.80. The first kappa shape index (κ1) is 16.0. The number of halogens is 1. The van der Waals surface area contributed by atoms with E-state index in [0.717, 1.165) is 12.5 Å². The fourth-order valence-corrected chi connectivity index (χ4v) is 2.74. The second-order valence-electron chi connectivity index (χ2n) is 4.07. The van der Waals surface area contributed by atoms with Crippen molar-refractivity contribution >= 4 is 10.0 Å².